The molecule has 0 aromatic heterocycles. The third kappa shape index (κ3) is 3.23. The van der Waals surface area contributed by atoms with Crippen molar-refractivity contribution in [3.8, 4) is 5.75 Å². The summed E-state index contributed by atoms with van der Waals surface area (Å²) in [6, 6.07) is 11.4. The van der Waals surface area contributed by atoms with E-state index in [0.717, 1.165) is 9.26 Å². The number of hydrogen-bond donors (Lipinski definition) is 1. The summed E-state index contributed by atoms with van der Waals surface area (Å²) in [5.74, 6) is -0.744. The molecule has 1 N–H and O–H groups in total. The van der Waals surface area contributed by atoms with Crippen LogP contribution in [-0.2, 0) is 0 Å². The smallest absolute Gasteiger partial charge is 0.255 e. The lowest BCUT2D eigenvalue weighted by Crippen LogP contribution is -2.13. The first kappa shape index (κ1) is 13.8. The number of benzene rings is 2. The molecule has 0 heterocycles. The Labute approximate surface area is 123 Å². The van der Waals surface area contributed by atoms with Gasteiger partial charge in [-0.05, 0) is 52.9 Å². The van der Waals surface area contributed by atoms with Crippen LogP contribution in [0.15, 0.2) is 42.5 Å². The molecular formula is C14H11FINO2. The number of carbonyl (C=O) groups excluding carboxylic acids is 1. The molecule has 19 heavy (non-hydrogen) atoms. The van der Waals surface area contributed by atoms with Gasteiger partial charge >= 0.3 is 0 Å². The van der Waals surface area contributed by atoms with Gasteiger partial charge in [-0.2, -0.15) is 0 Å². The third-order valence-electron chi connectivity index (χ3n) is 2.54. The zero-order chi connectivity index (χ0) is 13.8. The van der Waals surface area contributed by atoms with Crippen LogP contribution in [-0.4, -0.2) is 13.0 Å². The van der Waals surface area contributed by atoms with E-state index in [4.69, 9.17) is 4.74 Å². The topological polar surface area (TPSA) is 38.3 Å². The van der Waals surface area contributed by atoms with Crippen molar-refractivity contribution < 1.29 is 13.9 Å². The van der Waals surface area contributed by atoms with Crippen molar-refractivity contribution in [3.05, 3.63) is 57.4 Å². The first-order valence-corrected chi connectivity index (χ1v) is 6.59. The summed E-state index contributed by atoms with van der Waals surface area (Å²) in [7, 11) is 1.36. The maximum Gasteiger partial charge on any atom is 0.255 e. The Kier molecular flexibility index (Phi) is 4.36. The van der Waals surface area contributed by atoms with Gasteiger partial charge in [-0.1, -0.05) is 12.1 Å². The van der Waals surface area contributed by atoms with E-state index in [0.29, 0.717) is 5.56 Å². The molecule has 2 aromatic carbocycles. The predicted octanol–water partition coefficient (Wildman–Crippen LogP) is 3.69. The molecule has 0 saturated carbocycles. The maximum absolute atomic E-state index is 13.3. The number of halogens is 2. The summed E-state index contributed by atoms with van der Waals surface area (Å²) in [4.78, 5) is 12.1. The molecule has 0 fully saturated rings. The monoisotopic (exact) mass is 371 g/mol. The largest absolute Gasteiger partial charge is 0.494 e. The Bertz CT molecular complexity index is 616. The summed E-state index contributed by atoms with van der Waals surface area (Å²) in [5, 5.41) is 2.77. The second kappa shape index (κ2) is 6.01. The van der Waals surface area contributed by atoms with Crippen molar-refractivity contribution in [2.45, 2.75) is 0 Å². The van der Waals surface area contributed by atoms with Gasteiger partial charge in [0.25, 0.3) is 5.91 Å². The van der Waals surface area contributed by atoms with Gasteiger partial charge in [0.2, 0.25) is 0 Å². The van der Waals surface area contributed by atoms with Crippen LogP contribution in [0.25, 0.3) is 0 Å². The molecule has 5 heteroatoms. The minimum atomic E-state index is -0.492. The number of ether oxygens (including phenoxy) is 1. The standard InChI is InChI=1S/C14H11FINO2/c1-19-13-8-9(6-7-10(13)15)14(18)17-12-5-3-2-4-11(12)16/h2-8H,1H3,(H,17,18). The zero-order valence-electron chi connectivity index (χ0n) is 10.1. The van der Waals surface area contributed by atoms with Crippen molar-refractivity contribution in [3.63, 3.8) is 0 Å². The molecule has 0 spiro atoms. The molecule has 0 atom stereocenters. The fraction of sp³-hybridized carbons (Fsp3) is 0.0714. The third-order valence-corrected chi connectivity index (χ3v) is 3.48. The van der Waals surface area contributed by atoms with Crippen LogP contribution in [0.5, 0.6) is 5.75 Å². The number of hydrogen-bond acceptors (Lipinski definition) is 2. The molecule has 0 aliphatic rings. The summed E-state index contributed by atoms with van der Waals surface area (Å²) in [5.41, 5.74) is 1.06. The highest BCUT2D eigenvalue weighted by Crippen LogP contribution is 2.21. The average molecular weight is 371 g/mol. The van der Waals surface area contributed by atoms with Gasteiger partial charge < -0.3 is 10.1 Å². The number of para-hydroxylation sites is 1. The molecule has 1 amide bonds. The van der Waals surface area contributed by atoms with Gasteiger partial charge in [0.1, 0.15) is 0 Å². The van der Waals surface area contributed by atoms with Gasteiger partial charge in [0.15, 0.2) is 11.6 Å². The Morgan fingerprint density at radius 2 is 2.00 bits per heavy atom. The van der Waals surface area contributed by atoms with Crippen LogP contribution >= 0.6 is 22.6 Å². The van der Waals surface area contributed by atoms with E-state index >= 15 is 0 Å². The first-order valence-electron chi connectivity index (χ1n) is 5.51. The lowest BCUT2D eigenvalue weighted by molar-refractivity contribution is 0.102. The lowest BCUT2D eigenvalue weighted by atomic mass is 10.2. The second-order valence-electron chi connectivity index (χ2n) is 3.78. The highest BCUT2D eigenvalue weighted by atomic mass is 127. The van der Waals surface area contributed by atoms with Crippen LogP contribution in [0.3, 0.4) is 0 Å². The normalized spacial score (nSPS) is 10.1. The second-order valence-corrected chi connectivity index (χ2v) is 4.95. The lowest BCUT2D eigenvalue weighted by Gasteiger charge is -2.08. The fourth-order valence-electron chi connectivity index (χ4n) is 1.56. The van der Waals surface area contributed by atoms with E-state index in [-0.39, 0.29) is 11.7 Å². The molecule has 2 rings (SSSR count). The molecule has 2 aromatic rings. The first-order chi connectivity index (χ1) is 9.11. The molecule has 0 aliphatic carbocycles. The van der Waals surface area contributed by atoms with E-state index in [1.165, 1.54) is 25.3 Å². The van der Waals surface area contributed by atoms with Crippen molar-refractivity contribution >= 4 is 34.2 Å². The van der Waals surface area contributed by atoms with Crippen LogP contribution in [0.4, 0.5) is 10.1 Å². The number of amides is 1. The van der Waals surface area contributed by atoms with Gasteiger partial charge in [0.05, 0.1) is 12.8 Å². The van der Waals surface area contributed by atoms with E-state index in [1.807, 2.05) is 18.2 Å². The van der Waals surface area contributed by atoms with Crippen molar-refractivity contribution in [1.82, 2.24) is 0 Å². The van der Waals surface area contributed by atoms with E-state index in [9.17, 15) is 9.18 Å². The summed E-state index contributed by atoms with van der Waals surface area (Å²) in [6.07, 6.45) is 0. The highest BCUT2D eigenvalue weighted by Gasteiger charge is 2.11. The quantitative estimate of drug-likeness (QED) is 0.836. The Balaban J connectivity index is 2.23. The number of rotatable bonds is 3. The van der Waals surface area contributed by atoms with E-state index < -0.39 is 5.82 Å². The van der Waals surface area contributed by atoms with Crippen molar-refractivity contribution in [2.75, 3.05) is 12.4 Å². The summed E-state index contributed by atoms with van der Waals surface area (Å²) < 4.78 is 19.1. The number of carbonyl (C=O) groups is 1. The van der Waals surface area contributed by atoms with Crippen LogP contribution in [0, 0.1) is 9.39 Å². The molecule has 0 aliphatic heterocycles. The molecule has 0 saturated heterocycles. The molecular weight excluding hydrogens is 360 g/mol. The number of anilines is 1. The van der Waals surface area contributed by atoms with Crippen LogP contribution in [0.1, 0.15) is 10.4 Å². The van der Waals surface area contributed by atoms with E-state index in [2.05, 4.69) is 27.9 Å². The van der Waals surface area contributed by atoms with E-state index in [1.54, 1.807) is 6.07 Å². The van der Waals surface area contributed by atoms with Gasteiger partial charge in [-0.15, -0.1) is 0 Å². The van der Waals surface area contributed by atoms with Gasteiger partial charge in [-0.3, -0.25) is 4.79 Å². The van der Waals surface area contributed by atoms with Gasteiger partial charge in [-0.25, -0.2) is 4.39 Å². The van der Waals surface area contributed by atoms with Gasteiger partial charge in [0, 0.05) is 9.13 Å². The fourth-order valence-corrected chi connectivity index (χ4v) is 2.08. The molecule has 98 valence electrons. The van der Waals surface area contributed by atoms with Crippen molar-refractivity contribution in [2.24, 2.45) is 0 Å². The van der Waals surface area contributed by atoms with Crippen LogP contribution < -0.4 is 10.1 Å². The summed E-state index contributed by atoms with van der Waals surface area (Å²) in [6.45, 7) is 0. The van der Waals surface area contributed by atoms with Crippen molar-refractivity contribution in [1.29, 1.82) is 0 Å². The Morgan fingerprint density at radius 3 is 2.68 bits per heavy atom. The number of methoxy groups -OCH3 is 1. The highest BCUT2D eigenvalue weighted by molar-refractivity contribution is 14.1. The maximum atomic E-state index is 13.3. The van der Waals surface area contributed by atoms with Crippen LogP contribution in [0.2, 0.25) is 0 Å². The summed E-state index contributed by atoms with van der Waals surface area (Å²) >= 11 is 2.13. The Morgan fingerprint density at radius 1 is 1.26 bits per heavy atom. The predicted molar refractivity (Wildman–Crippen MR) is 80.1 cm³/mol. The zero-order valence-corrected chi connectivity index (χ0v) is 12.3. The number of nitrogens with one attached hydrogen (secondary N) is 1. The molecule has 0 radical (unpaired) electrons. The molecule has 0 unspecified atom stereocenters. The molecule has 0 bridgehead atoms. The molecule has 3 nitrogen and oxygen atoms in total. The minimum Gasteiger partial charge on any atom is -0.494 e. The SMILES string of the molecule is COc1cc(C(=O)Nc2ccccc2I)ccc1F. The average Bonchev–Trinajstić information content (AvgIpc) is 2.42. The minimum absolute atomic E-state index is 0.0513. The Hall–Kier alpha value is -1.63.